The Hall–Kier alpha value is -1.59. The third-order valence-electron chi connectivity index (χ3n) is 8.63. The second-order valence-electron chi connectivity index (χ2n) is 11.9. The predicted octanol–water partition coefficient (Wildman–Crippen LogP) is -3.69. The summed E-state index contributed by atoms with van der Waals surface area (Å²) in [5, 5.41) is 50.1. The summed E-state index contributed by atoms with van der Waals surface area (Å²) < 4.78 is 18.1. The molecule has 4 aliphatic rings. The average molecular weight is 557 g/mol. The Morgan fingerprint density at radius 3 is 2.54 bits per heavy atom. The van der Waals surface area contributed by atoms with Crippen LogP contribution in [0.4, 0.5) is 0 Å². The Balaban J connectivity index is 1.46. The largest absolute Gasteiger partial charge is 0.491 e. The molecule has 0 aromatic rings. The molecule has 39 heavy (non-hydrogen) atoms. The maximum absolute atomic E-state index is 11.6. The van der Waals surface area contributed by atoms with Crippen LogP contribution in [0.15, 0.2) is 11.8 Å². The molecule has 0 radical (unpaired) electrons. The molecule has 1 unspecified atom stereocenters. The molecule has 0 aromatic carbocycles. The number of guanidine groups is 1. The fourth-order valence-corrected chi connectivity index (χ4v) is 6.52. The first-order valence-electron chi connectivity index (χ1n) is 13.9. The van der Waals surface area contributed by atoms with Gasteiger partial charge < -0.3 is 68.4 Å². The number of aliphatic hydroxyl groups is 3. The molecule has 2 saturated carbocycles. The summed E-state index contributed by atoms with van der Waals surface area (Å²) in [5.74, 6) is 0.451. The van der Waals surface area contributed by atoms with E-state index in [4.69, 9.17) is 42.6 Å². The van der Waals surface area contributed by atoms with E-state index in [9.17, 15) is 15.3 Å². The topological polar surface area (TPSA) is 252 Å². The Labute approximate surface area is 229 Å². The van der Waals surface area contributed by atoms with Gasteiger partial charge in [0.05, 0.1) is 31.3 Å². The van der Waals surface area contributed by atoms with E-state index in [1.807, 2.05) is 6.08 Å². The van der Waals surface area contributed by atoms with Crippen molar-refractivity contribution in [3.63, 3.8) is 0 Å². The molecule has 11 atom stereocenters. The summed E-state index contributed by atoms with van der Waals surface area (Å²) in [6.07, 6.45) is -0.231. The third kappa shape index (κ3) is 6.84. The zero-order valence-corrected chi connectivity index (χ0v) is 22.8. The van der Waals surface area contributed by atoms with Crippen LogP contribution in [-0.2, 0) is 14.2 Å². The first-order valence-corrected chi connectivity index (χ1v) is 13.9. The van der Waals surface area contributed by atoms with Crippen molar-refractivity contribution in [2.45, 2.75) is 99.1 Å². The number of nitrogens with two attached hydrogens (primary N) is 4. The summed E-state index contributed by atoms with van der Waals surface area (Å²) in [5.41, 5.74) is 23.2. The fraction of sp³-hybridized carbons (Fsp3) is 0.880. The molecular weight excluding hydrogens is 508 g/mol. The van der Waals surface area contributed by atoms with Crippen molar-refractivity contribution in [1.82, 2.24) is 16.0 Å². The van der Waals surface area contributed by atoms with Crippen molar-refractivity contribution in [1.29, 1.82) is 5.41 Å². The van der Waals surface area contributed by atoms with Gasteiger partial charge in [0.2, 0.25) is 0 Å². The van der Waals surface area contributed by atoms with Gasteiger partial charge in [0.25, 0.3) is 0 Å². The maximum Gasteiger partial charge on any atom is 0.186 e. The summed E-state index contributed by atoms with van der Waals surface area (Å²) >= 11 is 0. The van der Waals surface area contributed by atoms with Crippen molar-refractivity contribution < 1.29 is 29.5 Å². The van der Waals surface area contributed by atoms with Crippen LogP contribution in [0.5, 0.6) is 0 Å². The monoisotopic (exact) mass is 556 g/mol. The SMILES string of the molecule is CN[C@@H]1[C@@H](O)[C@@H](O[C@H]2[C@H](N)C[C@H](N)C([C@H]3OC(CNC[C@H]4C[C@H](N)C4)=CC[C@H]3NC(=N)N)[C@@H]2O)OC[C@]1(C)O. The number of hydrogen-bond donors (Lipinski definition) is 11. The van der Waals surface area contributed by atoms with Crippen LogP contribution in [0.3, 0.4) is 0 Å². The van der Waals surface area contributed by atoms with E-state index in [1.54, 1.807) is 14.0 Å². The van der Waals surface area contributed by atoms with E-state index in [2.05, 4.69) is 16.0 Å². The minimum atomic E-state index is -1.31. The normalized spacial score (nSPS) is 46.5. The number of nitrogens with one attached hydrogen (secondary N) is 4. The molecule has 15 N–H and O–H groups in total. The highest BCUT2D eigenvalue weighted by Gasteiger charge is 2.52. The summed E-state index contributed by atoms with van der Waals surface area (Å²) in [6, 6.07) is -1.99. The molecule has 4 rings (SSSR count). The van der Waals surface area contributed by atoms with Crippen LogP contribution in [0.2, 0.25) is 0 Å². The molecule has 0 bridgehead atoms. The Morgan fingerprint density at radius 1 is 1.18 bits per heavy atom. The number of aliphatic hydroxyl groups excluding tert-OH is 2. The lowest BCUT2D eigenvalue weighted by molar-refractivity contribution is -0.296. The summed E-state index contributed by atoms with van der Waals surface area (Å²) in [6.45, 7) is 2.84. The van der Waals surface area contributed by atoms with E-state index < -0.39 is 66.4 Å². The molecule has 0 spiro atoms. The minimum Gasteiger partial charge on any atom is -0.491 e. The molecule has 3 fully saturated rings. The maximum atomic E-state index is 11.6. The van der Waals surface area contributed by atoms with Gasteiger partial charge in [-0.1, -0.05) is 0 Å². The summed E-state index contributed by atoms with van der Waals surface area (Å²) in [4.78, 5) is 0. The highest BCUT2D eigenvalue weighted by Crippen LogP contribution is 2.36. The highest BCUT2D eigenvalue weighted by molar-refractivity contribution is 5.74. The van der Waals surface area contributed by atoms with E-state index in [0.717, 1.165) is 25.1 Å². The molecule has 14 nitrogen and oxygen atoms in total. The van der Waals surface area contributed by atoms with Crippen LogP contribution < -0.4 is 38.9 Å². The quantitative estimate of drug-likeness (QED) is 0.0967. The van der Waals surface area contributed by atoms with Crippen LogP contribution in [0, 0.1) is 17.2 Å². The van der Waals surface area contributed by atoms with Gasteiger partial charge in [-0.3, -0.25) is 5.41 Å². The van der Waals surface area contributed by atoms with E-state index in [0.29, 0.717) is 25.3 Å². The van der Waals surface area contributed by atoms with Gasteiger partial charge in [0, 0.05) is 24.0 Å². The van der Waals surface area contributed by atoms with Crippen molar-refractivity contribution in [3.8, 4) is 0 Å². The molecule has 1 saturated heterocycles. The number of ether oxygens (including phenoxy) is 3. The Morgan fingerprint density at radius 2 is 1.90 bits per heavy atom. The minimum absolute atomic E-state index is 0.0779. The lowest BCUT2D eigenvalue weighted by atomic mass is 9.72. The van der Waals surface area contributed by atoms with Crippen LogP contribution in [0.25, 0.3) is 0 Å². The van der Waals surface area contributed by atoms with Gasteiger partial charge in [-0.2, -0.15) is 0 Å². The molecule has 0 amide bonds. The number of rotatable bonds is 9. The standard InChI is InChI=1S/C25H48N8O6/c1-25(36)10-37-23(19(35)22(25)31-2)39-20-15(28)7-14(27)17(18(20)34)21-16(33-24(29)30)4-3-13(38-21)9-32-8-11-5-12(26)6-11/h3,11-12,14-23,31-32,34-36H,4-10,26-28H2,1-2H3,(H4,29,30,33)/t11-,12-,14-,15+,16+,17?,18-,19+,20-,21-,22+,23+,25-/m0/s1. The second-order valence-corrected chi connectivity index (χ2v) is 11.9. The van der Waals surface area contributed by atoms with Crippen molar-refractivity contribution >= 4 is 5.96 Å². The van der Waals surface area contributed by atoms with Crippen LogP contribution in [0.1, 0.15) is 32.6 Å². The number of hydrogen-bond acceptors (Lipinski definition) is 12. The van der Waals surface area contributed by atoms with E-state index >= 15 is 0 Å². The lowest BCUT2D eigenvalue weighted by Crippen LogP contribution is -2.69. The molecule has 0 aromatic heterocycles. The zero-order valence-electron chi connectivity index (χ0n) is 22.8. The Bertz CT molecular complexity index is 874. The first kappa shape index (κ1) is 30.4. The number of likely N-dealkylation sites (N-methyl/N-ethyl adjacent to an activating group) is 1. The average Bonchev–Trinajstić information content (AvgIpc) is 2.83. The second kappa shape index (κ2) is 12.5. The first-order chi connectivity index (χ1) is 18.4. The molecular formula is C25H48N8O6. The van der Waals surface area contributed by atoms with Gasteiger partial charge in [-0.05, 0) is 58.2 Å². The Kier molecular flexibility index (Phi) is 9.74. The van der Waals surface area contributed by atoms with Crippen LogP contribution >= 0.6 is 0 Å². The molecule has 224 valence electrons. The fourth-order valence-electron chi connectivity index (χ4n) is 6.52. The van der Waals surface area contributed by atoms with Crippen LogP contribution in [-0.4, -0.2) is 115 Å². The lowest BCUT2D eigenvalue weighted by Gasteiger charge is -2.50. The molecule has 2 heterocycles. The van der Waals surface area contributed by atoms with E-state index in [1.165, 1.54) is 0 Å². The van der Waals surface area contributed by atoms with E-state index in [-0.39, 0.29) is 18.6 Å². The van der Waals surface area contributed by atoms with Gasteiger partial charge in [0.1, 0.15) is 29.7 Å². The molecule has 2 aliphatic heterocycles. The van der Waals surface area contributed by atoms with Crippen molar-refractivity contribution in [2.24, 2.45) is 34.8 Å². The van der Waals surface area contributed by atoms with Gasteiger partial charge in [-0.15, -0.1) is 0 Å². The van der Waals surface area contributed by atoms with Gasteiger partial charge in [-0.25, -0.2) is 0 Å². The summed E-state index contributed by atoms with van der Waals surface area (Å²) in [7, 11) is 1.63. The third-order valence-corrected chi connectivity index (χ3v) is 8.63. The highest BCUT2D eigenvalue weighted by atomic mass is 16.7. The molecule has 14 heteroatoms. The molecule has 2 aliphatic carbocycles. The van der Waals surface area contributed by atoms with Crippen molar-refractivity contribution in [3.05, 3.63) is 11.8 Å². The van der Waals surface area contributed by atoms with Gasteiger partial charge >= 0.3 is 0 Å². The van der Waals surface area contributed by atoms with Crippen molar-refractivity contribution in [2.75, 3.05) is 26.7 Å². The smallest absolute Gasteiger partial charge is 0.186 e. The predicted molar refractivity (Wildman–Crippen MR) is 144 cm³/mol. The van der Waals surface area contributed by atoms with Gasteiger partial charge in [0.15, 0.2) is 12.2 Å². The zero-order chi connectivity index (χ0) is 28.5.